The minimum Gasteiger partial charge on any atom is -0.412 e. The summed E-state index contributed by atoms with van der Waals surface area (Å²) in [5.74, 6) is 0.934. The van der Waals surface area contributed by atoms with Crippen LogP contribution in [-0.4, -0.2) is 117 Å². The zero-order valence-electron chi connectivity index (χ0n) is 35.6. The van der Waals surface area contributed by atoms with Gasteiger partial charge in [-0.2, -0.15) is 13.2 Å². The van der Waals surface area contributed by atoms with E-state index in [4.69, 9.17) is 9.47 Å². The van der Waals surface area contributed by atoms with Crippen LogP contribution in [0.1, 0.15) is 75.6 Å². The Labute approximate surface area is 374 Å². The molecular formula is C45H56F3N7O7Sn. The van der Waals surface area contributed by atoms with Gasteiger partial charge in [0, 0.05) is 0 Å². The molecule has 5 fully saturated rings. The summed E-state index contributed by atoms with van der Waals surface area (Å²) in [6, 6.07) is 14.5. The standard InChI is InChI=1S/C33H38F3N5O2.C12H15N2O3.2H2O.Sn/c1-30(2)7-5-22(26(15-30)31-18-32(19-31,20-31)33(34,35)36)17-40-9-11-41(12-10-40)23-3-4-25(28(37)42)27(14-23)43-24-13-21-6-8-38-29(21)39-16-24;15-14(16)12-4-2-1-3-11(12)13-9-10-5-7-17-8-6-10;;;/h3-4,6,8,13-14,16H,5,7,9-12,15,17-20H2,1-2H3,(H3,37,38,39,42);1,3-4,10,13H,5-9H2;2*1H2;/q;;;;+1/p-1. The number of nitro benzene ring substituents is 1. The van der Waals surface area contributed by atoms with Gasteiger partial charge in [0.2, 0.25) is 0 Å². The van der Waals surface area contributed by atoms with E-state index in [1.54, 1.807) is 30.6 Å². The molecule has 63 heavy (non-hydrogen) atoms. The number of H-pyrrole nitrogens is 1. The van der Waals surface area contributed by atoms with E-state index < -0.39 is 33.0 Å². The van der Waals surface area contributed by atoms with E-state index in [9.17, 15) is 28.1 Å². The number of rotatable bonds is 13. The molecule has 4 heterocycles. The Hall–Kier alpha value is -4.43. The number of piperazine rings is 1. The second-order valence-electron chi connectivity index (χ2n) is 18.6. The Bertz CT molecular complexity index is 2340. The van der Waals surface area contributed by atoms with Gasteiger partial charge < -0.3 is 11.0 Å². The van der Waals surface area contributed by atoms with Gasteiger partial charge in [0.15, 0.2) is 0 Å². The molecule has 2 aromatic heterocycles. The number of aromatic amines is 1. The summed E-state index contributed by atoms with van der Waals surface area (Å²) in [6.45, 7) is 10.4. The number of allylic oxidation sites excluding steroid dienone is 1. The number of benzene rings is 2. The molecule has 10 rings (SSSR count). The van der Waals surface area contributed by atoms with Gasteiger partial charge in [-0.15, -0.1) is 0 Å². The number of nitro groups is 1. The van der Waals surface area contributed by atoms with Gasteiger partial charge in [0.1, 0.15) is 0 Å². The maximum atomic E-state index is 13.9. The molecule has 0 unspecified atom stereocenters. The number of ether oxygens (including phenoxy) is 2. The largest absolute Gasteiger partial charge is 0.412 e. The van der Waals surface area contributed by atoms with Gasteiger partial charge >= 0.3 is 278 Å². The first-order valence-electron chi connectivity index (χ1n) is 21.4. The predicted octanol–water partition coefficient (Wildman–Crippen LogP) is 6.49. The van der Waals surface area contributed by atoms with Crippen LogP contribution in [0.5, 0.6) is 11.5 Å². The Morgan fingerprint density at radius 3 is 2.51 bits per heavy atom. The summed E-state index contributed by atoms with van der Waals surface area (Å²) in [7, 11) is 0. The first-order valence-corrected chi connectivity index (χ1v) is 24.2. The van der Waals surface area contributed by atoms with Gasteiger partial charge in [0.25, 0.3) is 0 Å². The van der Waals surface area contributed by atoms with E-state index in [1.165, 1.54) is 11.1 Å². The van der Waals surface area contributed by atoms with Crippen molar-refractivity contribution in [2.75, 3.05) is 62.7 Å². The summed E-state index contributed by atoms with van der Waals surface area (Å²) in [4.78, 5) is 37.9. The Morgan fingerprint density at radius 1 is 1.05 bits per heavy atom. The number of aromatic nitrogens is 2. The fourth-order valence-electron chi connectivity index (χ4n) is 10.3. The molecule has 14 nitrogen and oxygen atoms in total. The van der Waals surface area contributed by atoms with Crippen molar-refractivity contribution in [2.24, 2.45) is 22.2 Å². The topological polar surface area (TPSA) is 201 Å². The van der Waals surface area contributed by atoms with Crippen LogP contribution in [0.2, 0.25) is 0 Å². The zero-order valence-corrected chi connectivity index (χ0v) is 38.5. The number of halogens is 3. The van der Waals surface area contributed by atoms with Crippen LogP contribution >= 0.6 is 0 Å². The normalized spacial score (nSPS) is 23.5. The zero-order chi connectivity index (χ0) is 42.6. The van der Waals surface area contributed by atoms with Crippen molar-refractivity contribution in [2.45, 2.75) is 71.4 Å². The molecule has 2 aliphatic heterocycles. The predicted molar refractivity (Wildman–Crippen MR) is 236 cm³/mol. The van der Waals surface area contributed by atoms with E-state index >= 15 is 0 Å². The summed E-state index contributed by atoms with van der Waals surface area (Å²) >= 11 is -1.82. The molecule has 3 saturated carbocycles. The molecule has 0 atom stereocenters. The molecule has 338 valence electrons. The molecular weight excluding hydrogens is 926 g/mol. The van der Waals surface area contributed by atoms with Crippen LogP contribution in [-0.2, 0) is 4.74 Å². The van der Waals surface area contributed by atoms with Crippen LogP contribution in [0.4, 0.5) is 30.2 Å². The molecule has 18 heteroatoms. The van der Waals surface area contributed by atoms with Crippen molar-refractivity contribution in [3.05, 3.63) is 87.7 Å². The first-order chi connectivity index (χ1) is 29.2. The van der Waals surface area contributed by atoms with E-state index in [0.717, 1.165) is 85.1 Å². The number of nitrogens with zero attached hydrogens (tertiary/aromatic N) is 4. The van der Waals surface area contributed by atoms with Crippen LogP contribution in [0.25, 0.3) is 11.0 Å². The third-order valence-electron chi connectivity index (χ3n) is 13.9. The third kappa shape index (κ3) is 9.53. The third-order valence-corrected chi connectivity index (χ3v) is 16.6. The van der Waals surface area contributed by atoms with Crippen molar-refractivity contribution >= 4 is 59.0 Å². The van der Waals surface area contributed by atoms with Crippen molar-refractivity contribution in [1.29, 1.82) is 0 Å². The number of alkyl halides is 3. The Kier molecular flexibility index (Phi) is 13.5. The second-order valence-corrected chi connectivity index (χ2v) is 21.7. The first kappa shape index (κ1) is 46.6. The Balaban J connectivity index is 0.00000298. The SMILES string of the molecule is CC1(C)CCC(CN2CCN(c3ccc(C(=O)[NH][Sn][c]4ccc(NCC5CCOCC5)c([N+](=O)[O-])c4)c(Oc4cnc5[nH]ccc5c4)c3)CC2)=C(C23CC(C(F)(F)F)(C2)C3)C1.O.O. The molecule has 2 saturated heterocycles. The van der Waals surface area contributed by atoms with Gasteiger partial charge in [-0.3, -0.25) is 0 Å². The van der Waals surface area contributed by atoms with Crippen molar-refractivity contribution in [3.8, 4) is 11.5 Å². The molecule has 7 N–H and O–H groups in total. The molecule has 4 aromatic rings. The summed E-state index contributed by atoms with van der Waals surface area (Å²) in [6.07, 6.45) is 4.78. The molecule has 4 aliphatic carbocycles. The van der Waals surface area contributed by atoms with Crippen molar-refractivity contribution in [1.82, 2.24) is 18.4 Å². The van der Waals surface area contributed by atoms with Crippen molar-refractivity contribution < 1.29 is 43.3 Å². The van der Waals surface area contributed by atoms with Crippen molar-refractivity contribution in [3.63, 3.8) is 0 Å². The molecule has 2 bridgehead atoms. The van der Waals surface area contributed by atoms with E-state index in [2.05, 4.69) is 42.5 Å². The van der Waals surface area contributed by atoms with E-state index in [1.807, 2.05) is 30.3 Å². The summed E-state index contributed by atoms with van der Waals surface area (Å²) in [5.41, 5.74) is 3.50. The van der Waals surface area contributed by atoms with E-state index in [-0.39, 0.29) is 57.6 Å². The molecule has 0 spiro atoms. The van der Waals surface area contributed by atoms with Crippen LogP contribution in [0.15, 0.2) is 72.1 Å². The van der Waals surface area contributed by atoms with Gasteiger partial charge in [-0.05, 0) is 49.4 Å². The number of pyridine rings is 1. The van der Waals surface area contributed by atoms with E-state index in [0.29, 0.717) is 48.4 Å². The number of hydrogen-bond acceptors (Lipinski definition) is 9. The van der Waals surface area contributed by atoms with Gasteiger partial charge in [-0.1, -0.05) is 19.4 Å². The number of hydrogen-bond donors (Lipinski definition) is 3. The summed E-state index contributed by atoms with van der Waals surface area (Å²) in [5, 5.41) is 16.2. The quantitative estimate of drug-likeness (QED) is 0.0580. The monoisotopic (exact) mass is 983 g/mol. The minimum absolute atomic E-state index is 0. The summed E-state index contributed by atoms with van der Waals surface area (Å²) < 4.78 is 57.2. The Morgan fingerprint density at radius 2 is 1.79 bits per heavy atom. The van der Waals surface area contributed by atoms with Crippen LogP contribution in [0, 0.1) is 32.3 Å². The number of nitrogens with one attached hydrogen (secondary N) is 3. The molecule has 2 radical (unpaired) electrons. The second kappa shape index (κ2) is 18.2. The number of anilines is 2. The fraction of sp³-hybridized carbons (Fsp3) is 0.511. The minimum atomic E-state index is -4.11. The molecule has 2 aromatic carbocycles. The average Bonchev–Trinajstić information content (AvgIpc) is 3.67. The van der Waals surface area contributed by atoms with Gasteiger partial charge in [0.05, 0.1) is 5.41 Å². The number of carbonyl (C=O) groups is 1. The van der Waals surface area contributed by atoms with Crippen LogP contribution in [0.3, 0.4) is 0 Å². The maximum absolute atomic E-state index is 13.9. The fourth-order valence-corrected chi connectivity index (χ4v) is 12.5. The maximum Gasteiger partial charge on any atom is 0.394 e. The number of carbonyl (C=O) groups excluding carboxylic acids is 1. The van der Waals surface area contributed by atoms with Gasteiger partial charge in [-0.25, -0.2) is 0 Å². The van der Waals surface area contributed by atoms with Crippen LogP contribution < -0.4 is 22.1 Å². The smallest absolute Gasteiger partial charge is 0.394 e. The molecule has 1 amide bonds. The number of amides is 1. The molecule has 6 aliphatic rings. The number of fused-ring (bicyclic) bond motifs is 1. The average molecular weight is 983 g/mol.